The Labute approximate surface area is 157 Å². The fourth-order valence-electron chi connectivity index (χ4n) is 3.88. The zero-order valence-corrected chi connectivity index (χ0v) is 15.0. The fourth-order valence-corrected chi connectivity index (χ4v) is 3.88. The van der Waals surface area contributed by atoms with E-state index in [1.165, 1.54) is 12.8 Å². The van der Waals surface area contributed by atoms with Gasteiger partial charge in [0.15, 0.2) is 0 Å². The molecule has 0 atom stereocenters. The van der Waals surface area contributed by atoms with E-state index in [4.69, 9.17) is 9.15 Å². The van der Waals surface area contributed by atoms with E-state index >= 15 is 0 Å². The summed E-state index contributed by atoms with van der Waals surface area (Å²) in [6, 6.07) is 12.3. The van der Waals surface area contributed by atoms with Crippen molar-refractivity contribution in [3.63, 3.8) is 0 Å². The molecule has 1 fully saturated rings. The molecule has 27 heavy (non-hydrogen) atoms. The first-order valence-electron chi connectivity index (χ1n) is 9.33. The highest BCUT2D eigenvalue weighted by molar-refractivity contribution is 6.09. The van der Waals surface area contributed by atoms with Gasteiger partial charge in [-0.1, -0.05) is 43.2 Å². The van der Waals surface area contributed by atoms with Crippen molar-refractivity contribution in [2.75, 3.05) is 6.61 Å². The summed E-state index contributed by atoms with van der Waals surface area (Å²) in [7, 11) is 0. The second-order valence-corrected chi connectivity index (χ2v) is 6.94. The molecule has 1 heterocycles. The van der Waals surface area contributed by atoms with Gasteiger partial charge in [0.05, 0.1) is 12.7 Å². The third-order valence-electron chi connectivity index (χ3n) is 5.20. The predicted molar refractivity (Wildman–Crippen MR) is 102 cm³/mol. The first kappa shape index (κ1) is 17.6. The van der Waals surface area contributed by atoms with Crippen LogP contribution in [0.5, 0.6) is 5.75 Å². The molecule has 1 aliphatic rings. The Bertz CT molecular complexity index is 952. The van der Waals surface area contributed by atoms with Crippen molar-refractivity contribution in [3.05, 3.63) is 53.6 Å². The van der Waals surface area contributed by atoms with Crippen molar-refractivity contribution in [1.29, 1.82) is 0 Å². The molecule has 2 N–H and O–H groups in total. The quantitative estimate of drug-likeness (QED) is 0.641. The summed E-state index contributed by atoms with van der Waals surface area (Å²) in [6.45, 7) is 0.447. The number of benzene rings is 2. The Hall–Kier alpha value is -2.79. The first-order chi connectivity index (χ1) is 13.1. The SMILES string of the molecule is O=C(O)c1c(-c2ccccc2)oc2ccc(O)c(CCOC3CCCC3)c12. The lowest BCUT2D eigenvalue weighted by molar-refractivity contribution is 0.0604. The summed E-state index contributed by atoms with van der Waals surface area (Å²) in [5, 5.41) is 20.7. The van der Waals surface area contributed by atoms with E-state index in [1.807, 2.05) is 30.3 Å². The second-order valence-electron chi connectivity index (χ2n) is 6.94. The molecule has 0 unspecified atom stereocenters. The summed E-state index contributed by atoms with van der Waals surface area (Å²) in [5.41, 5.74) is 1.80. The molecule has 1 saturated carbocycles. The van der Waals surface area contributed by atoms with E-state index < -0.39 is 5.97 Å². The van der Waals surface area contributed by atoms with Crippen LogP contribution in [-0.4, -0.2) is 28.9 Å². The maximum absolute atomic E-state index is 12.0. The minimum atomic E-state index is -1.07. The number of hydrogen-bond acceptors (Lipinski definition) is 4. The summed E-state index contributed by atoms with van der Waals surface area (Å²) in [6.07, 6.45) is 5.23. The van der Waals surface area contributed by atoms with Crippen molar-refractivity contribution in [3.8, 4) is 17.1 Å². The van der Waals surface area contributed by atoms with Gasteiger partial charge in [0.1, 0.15) is 22.7 Å². The zero-order valence-electron chi connectivity index (χ0n) is 15.0. The van der Waals surface area contributed by atoms with Crippen LogP contribution < -0.4 is 0 Å². The number of rotatable bonds is 6. The Morgan fingerprint density at radius 1 is 1.11 bits per heavy atom. The number of furan rings is 1. The molecule has 140 valence electrons. The fraction of sp³-hybridized carbons (Fsp3) is 0.318. The predicted octanol–water partition coefficient (Wildman–Crippen LogP) is 5.01. The van der Waals surface area contributed by atoms with Gasteiger partial charge in [-0.25, -0.2) is 4.79 Å². The molecule has 0 bridgehead atoms. The van der Waals surface area contributed by atoms with Gasteiger partial charge in [-0.15, -0.1) is 0 Å². The van der Waals surface area contributed by atoms with Gasteiger partial charge in [-0.05, 0) is 25.0 Å². The number of ether oxygens (including phenoxy) is 1. The van der Waals surface area contributed by atoms with Crippen LogP contribution in [0.25, 0.3) is 22.3 Å². The zero-order chi connectivity index (χ0) is 18.8. The number of aromatic hydroxyl groups is 1. The number of aromatic carboxylic acids is 1. The van der Waals surface area contributed by atoms with E-state index in [9.17, 15) is 15.0 Å². The minimum absolute atomic E-state index is 0.0698. The second kappa shape index (κ2) is 7.45. The highest BCUT2D eigenvalue weighted by Crippen LogP contribution is 2.38. The number of phenolic OH excluding ortho intramolecular Hbond substituents is 1. The Morgan fingerprint density at radius 2 is 1.85 bits per heavy atom. The lowest BCUT2D eigenvalue weighted by Crippen LogP contribution is -2.10. The number of fused-ring (bicyclic) bond motifs is 1. The smallest absolute Gasteiger partial charge is 0.340 e. The number of hydrogen-bond donors (Lipinski definition) is 2. The number of carboxylic acids is 1. The molecule has 0 spiro atoms. The third-order valence-corrected chi connectivity index (χ3v) is 5.20. The summed E-state index contributed by atoms with van der Waals surface area (Å²) < 4.78 is 11.8. The van der Waals surface area contributed by atoms with E-state index in [-0.39, 0.29) is 17.4 Å². The van der Waals surface area contributed by atoms with Crippen LogP contribution in [-0.2, 0) is 11.2 Å². The van der Waals surface area contributed by atoms with E-state index in [1.54, 1.807) is 12.1 Å². The molecule has 0 radical (unpaired) electrons. The van der Waals surface area contributed by atoms with Gasteiger partial charge in [0, 0.05) is 22.9 Å². The molecular formula is C22H22O5. The molecule has 5 nitrogen and oxygen atoms in total. The third kappa shape index (κ3) is 3.43. The van der Waals surface area contributed by atoms with Crippen molar-refractivity contribution in [1.82, 2.24) is 0 Å². The lowest BCUT2D eigenvalue weighted by Gasteiger charge is -2.12. The largest absolute Gasteiger partial charge is 0.508 e. The molecular weight excluding hydrogens is 344 g/mol. The number of carbonyl (C=O) groups is 1. The summed E-state index contributed by atoms with van der Waals surface area (Å²) in [5.74, 6) is -0.696. The molecule has 3 aromatic rings. The van der Waals surface area contributed by atoms with E-state index in [2.05, 4.69) is 0 Å². The Morgan fingerprint density at radius 3 is 2.56 bits per heavy atom. The van der Waals surface area contributed by atoms with Gasteiger partial charge in [0.25, 0.3) is 0 Å². The minimum Gasteiger partial charge on any atom is -0.508 e. The monoisotopic (exact) mass is 366 g/mol. The molecule has 4 rings (SSSR count). The molecule has 1 aromatic heterocycles. The van der Waals surface area contributed by atoms with Gasteiger partial charge >= 0.3 is 5.97 Å². The highest BCUT2D eigenvalue weighted by atomic mass is 16.5. The molecule has 5 heteroatoms. The first-order valence-corrected chi connectivity index (χ1v) is 9.33. The average Bonchev–Trinajstić information content (AvgIpc) is 3.32. The number of phenols is 1. The van der Waals surface area contributed by atoms with Crippen molar-refractivity contribution in [2.45, 2.75) is 38.2 Å². The standard InChI is InChI=1S/C22H22O5/c23-17-10-11-18-19(16(17)12-13-26-15-8-4-5-9-15)20(22(24)25)21(27-18)14-6-2-1-3-7-14/h1-3,6-7,10-11,15,23H,4-5,8-9,12-13H2,(H,24,25). The molecule has 2 aromatic carbocycles. The average molecular weight is 366 g/mol. The highest BCUT2D eigenvalue weighted by Gasteiger charge is 2.25. The summed E-state index contributed by atoms with van der Waals surface area (Å²) >= 11 is 0. The van der Waals surface area contributed by atoms with Crippen LogP contribution in [0.1, 0.15) is 41.6 Å². The normalized spacial score (nSPS) is 14.8. The van der Waals surface area contributed by atoms with Crippen molar-refractivity contribution < 1.29 is 24.2 Å². The Kier molecular flexibility index (Phi) is 4.86. The van der Waals surface area contributed by atoms with Crippen LogP contribution >= 0.6 is 0 Å². The van der Waals surface area contributed by atoms with Gasteiger partial charge in [0.2, 0.25) is 0 Å². The van der Waals surface area contributed by atoms with Crippen LogP contribution in [0, 0.1) is 0 Å². The lowest BCUT2D eigenvalue weighted by atomic mass is 9.99. The molecule has 0 saturated heterocycles. The van der Waals surface area contributed by atoms with Crippen molar-refractivity contribution in [2.24, 2.45) is 0 Å². The van der Waals surface area contributed by atoms with Crippen LogP contribution in [0.4, 0.5) is 0 Å². The Balaban J connectivity index is 1.75. The topological polar surface area (TPSA) is 79.9 Å². The van der Waals surface area contributed by atoms with Crippen LogP contribution in [0.15, 0.2) is 46.9 Å². The molecule has 0 amide bonds. The van der Waals surface area contributed by atoms with E-state index in [0.717, 1.165) is 12.8 Å². The van der Waals surface area contributed by atoms with E-state index in [0.29, 0.717) is 40.9 Å². The van der Waals surface area contributed by atoms with Gasteiger partial charge in [-0.3, -0.25) is 0 Å². The van der Waals surface area contributed by atoms with Crippen molar-refractivity contribution >= 4 is 16.9 Å². The maximum atomic E-state index is 12.0. The summed E-state index contributed by atoms with van der Waals surface area (Å²) in [4.78, 5) is 12.0. The van der Waals surface area contributed by atoms with Gasteiger partial charge < -0.3 is 19.4 Å². The molecule has 0 aliphatic heterocycles. The van der Waals surface area contributed by atoms with Gasteiger partial charge in [-0.2, -0.15) is 0 Å². The van der Waals surface area contributed by atoms with Crippen LogP contribution in [0.2, 0.25) is 0 Å². The maximum Gasteiger partial charge on any atom is 0.340 e. The van der Waals surface area contributed by atoms with Crippen LogP contribution in [0.3, 0.4) is 0 Å². The molecule has 1 aliphatic carbocycles. The number of carboxylic acid groups (broad SMARTS) is 1.